The predicted octanol–water partition coefficient (Wildman–Crippen LogP) is 3.02. The van der Waals surface area contributed by atoms with Gasteiger partial charge in [0.25, 0.3) is 0 Å². The van der Waals surface area contributed by atoms with Crippen LogP contribution in [0.15, 0.2) is 16.0 Å². The molecule has 1 amide bonds. The molecule has 6 heteroatoms. The van der Waals surface area contributed by atoms with Crippen molar-refractivity contribution in [3.8, 4) is 0 Å². The van der Waals surface area contributed by atoms with Crippen molar-refractivity contribution in [1.82, 2.24) is 5.16 Å². The molecule has 3 heterocycles. The number of thiophene rings is 1. The van der Waals surface area contributed by atoms with Gasteiger partial charge in [-0.1, -0.05) is 5.16 Å². The van der Waals surface area contributed by atoms with E-state index in [9.17, 15) is 4.79 Å². The molecule has 5 nitrogen and oxygen atoms in total. The highest BCUT2D eigenvalue weighted by Crippen LogP contribution is 2.35. The lowest BCUT2D eigenvalue weighted by atomic mass is 10.0. The number of carbonyl (C=O) groups is 1. The van der Waals surface area contributed by atoms with Crippen molar-refractivity contribution in [2.75, 3.05) is 18.6 Å². The van der Waals surface area contributed by atoms with E-state index < -0.39 is 0 Å². The molecule has 0 radical (unpaired) electrons. The maximum absolute atomic E-state index is 12.5. The minimum absolute atomic E-state index is 0.00986. The van der Waals surface area contributed by atoms with Crippen LogP contribution in [0.5, 0.6) is 0 Å². The summed E-state index contributed by atoms with van der Waals surface area (Å²) in [6, 6.07) is 2.12. The Bertz CT molecular complexity index is 642. The minimum atomic E-state index is -0.135. The zero-order chi connectivity index (χ0) is 15.0. The fourth-order valence-electron chi connectivity index (χ4n) is 2.75. The molecule has 2 aromatic rings. The second-order valence-electron chi connectivity index (χ2n) is 5.25. The number of aryl methyl sites for hydroxylation is 2. The van der Waals surface area contributed by atoms with E-state index in [1.165, 1.54) is 10.4 Å². The van der Waals surface area contributed by atoms with Crippen molar-refractivity contribution in [2.24, 2.45) is 0 Å². The molecule has 1 aliphatic heterocycles. The van der Waals surface area contributed by atoms with Gasteiger partial charge >= 0.3 is 0 Å². The quantitative estimate of drug-likeness (QED) is 0.874. The van der Waals surface area contributed by atoms with E-state index in [2.05, 4.69) is 16.6 Å². The molecule has 0 bridgehead atoms. The van der Waals surface area contributed by atoms with Gasteiger partial charge in [-0.15, -0.1) is 11.3 Å². The Morgan fingerprint density at radius 1 is 1.52 bits per heavy atom. The number of amides is 1. The van der Waals surface area contributed by atoms with Gasteiger partial charge in [0.2, 0.25) is 5.91 Å². The third kappa shape index (κ3) is 2.61. The Kier molecular flexibility index (Phi) is 3.82. The fourth-order valence-corrected chi connectivity index (χ4v) is 3.76. The summed E-state index contributed by atoms with van der Waals surface area (Å²) in [6.07, 6.45) is 1.14. The molecule has 0 saturated carbocycles. The van der Waals surface area contributed by atoms with E-state index in [-0.39, 0.29) is 12.0 Å². The second-order valence-corrected chi connectivity index (χ2v) is 6.20. The first-order valence-corrected chi connectivity index (χ1v) is 7.83. The molecule has 0 aliphatic carbocycles. The summed E-state index contributed by atoms with van der Waals surface area (Å²) in [5.74, 6) is 0.667. The topological polar surface area (TPSA) is 55.6 Å². The zero-order valence-electron chi connectivity index (χ0n) is 12.4. The van der Waals surface area contributed by atoms with Crippen LogP contribution in [0.2, 0.25) is 0 Å². The summed E-state index contributed by atoms with van der Waals surface area (Å²) >= 11 is 1.66. The predicted molar refractivity (Wildman–Crippen MR) is 80.7 cm³/mol. The molecular formula is C15H18N2O3S. The van der Waals surface area contributed by atoms with Gasteiger partial charge < -0.3 is 14.2 Å². The Labute approximate surface area is 127 Å². The highest BCUT2D eigenvalue weighted by molar-refractivity contribution is 7.10. The molecule has 0 fully saturated rings. The maximum atomic E-state index is 12.5. The Morgan fingerprint density at radius 2 is 2.33 bits per heavy atom. The minimum Gasteiger partial charge on any atom is -0.372 e. The Hall–Kier alpha value is -1.66. The molecule has 1 atom stereocenters. The van der Waals surface area contributed by atoms with Gasteiger partial charge in [0.15, 0.2) is 5.76 Å². The fraction of sp³-hybridized carbons (Fsp3) is 0.467. The van der Waals surface area contributed by atoms with Crippen LogP contribution in [0.4, 0.5) is 5.69 Å². The standard InChI is InChI=1S/C15H18N2O3S/c1-9-14(10(2)20-16-9)17(3)13(18)8-12-15-11(4-6-19-12)5-7-21-15/h5,7,12H,4,6,8H2,1-3H3/t12-/m1/s1. The van der Waals surface area contributed by atoms with Crippen LogP contribution in [0.3, 0.4) is 0 Å². The molecule has 21 heavy (non-hydrogen) atoms. The average Bonchev–Trinajstić information content (AvgIpc) is 3.06. The maximum Gasteiger partial charge on any atom is 0.229 e. The Morgan fingerprint density at radius 3 is 3.05 bits per heavy atom. The monoisotopic (exact) mass is 306 g/mol. The number of rotatable bonds is 3. The lowest BCUT2D eigenvalue weighted by Crippen LogP contribution is -2.30. The molecule has 0 unspecified atom stereocenters. The molecule has 2 aromatic heterocycles. The molecule has 3 rings (SSSR count). The van der Waals surface area contributed by atoms with E-state index in [0.29, 0.717) is 18.8 Å². The first-order chi connectivity index (χ1) is 10.1. The second kappa shape index (κ2) is 5.61. The average molecular weight is 306 g/mol. The normalized spacial score (nSPS) is 17.6. The van der Waals surface area contributed by atoms with Crippen molar-refractivity contribution in [2.45, 2.75) is 32.8 Å². The molecule has 0 spiro atoms. The van der Waals surface area contributed by atoms with Gasteiger partial charge in [0, 0.05) is 11.9 Å². The number of ether oxygens (including phenoxy) is 1. The molecule has 0 aromatic carbocycles. The molecule has 1 aliphatic rings. The van der Waals surface area contributed by atoms with Crippen molar-refractivity contribution >= 4 is 22.9 Å². The van der Waals surface area contributed by atoms with Crippen LogP contribution in [-0.4, -0.2) is 24.7 Å². The van der Waals surface area contributed by atoms with Gasteiger partial charge in [-0.05, 0) is 37.3 Å². The summed E-state index contributed by atoms with van der Waals surface area (Å²) < 4.78 is 10.9. The molecule has 0 saturated heterocycles. The van der Waals surface area contributed by atoms with Gasteiger partial charge in [-0.25, -0.2) is 0 Å². The van der Waals surface area contributed by atoms with Crippen LogP contribution in [0.1, 0.15) is 34.4 Å². The highest BCUT2D eigenvalue weighted by atomic mass is 32.1. The van der Waals surface area contributed by atoms with Crippen LogP contribution < -0.4 is 4.90 Å². The van der Waals surface area contributed by atoms with E-state index in [1.807, 2.05) is 13.8 Å². The lowest BCUT2D eigenvalue weighted by molar-refractivity contribution is -0.121. The third-order valence-electron chi connectivity index (χ3n) is 3.83. The largest absolute Gasteiger partial charge is 0.372 e. The van der Waals surface area contributed by atoms with Crippen LogP contribution >= 0.6 is 11.3 Å². The first-order valence-electron chi connectivity index (χ1n) is 6.95. The van der Waals surface area contributed by atoms with Crippen molar-refractivity contribution in [1.29, 1.82) is 0 Å². The van der Waals surface area contributed by atoms with E-state index >= 15 is 0 Å². The molecule has 112 valence electrons. The number of hydrogen-bond donors (Lipinski definition) is 0. The van der Waals surface area contributed by atoms with Crippen molar-refractivity contribution in [3.63, 3.8) is 0 Å². The van der Waals surface area contributed by atoms with E-state index in [4.69, 9.17) is 9.26 Å². The van der Waals surface area contributed by atoms with Crippen molar-refractivity contribution < 1.29 is 14.1 Å². The number of fused-ring (bicyclic) bond motifs is 1. The summed E-state index contributed by atoms with van der Waals surface area (Å²) in [5, 5.41) is 5.96. The van der Waals surface area contributed by atoms with Gasteiger partial charge in [0.1, 0.15) is 17.5 Å². The number of aromatic nitrogens is 1. The highest BCUT2D eigenvalue weighted by Gasteiger charge is 2.27. The first kappa shape index (κ1) is 14.3. The smallest absolute Gasteiger partial charge is 0.229 e. The van der Waals surface area contributed by atoms with Crippen LogP contribution in [-0.2, 0) is 16.0 Å². The van der Waals surface area contributed by atoms with Gasteiger partial charge in [0.05, 0.1) is 13.0 Å². The Balaban J connectivity index is 1.76. The van der Waals surface area contributed by atoms with E-state index in [1.54, 1.807) is 23.3 Å². The van der Waals surface area contributed by atoms with Crippen LogP contribution in [0.25, 0.3) is 0 Å². The number of hydrogen-bond acceptors (Lipinski definition) is 5. The van der Waals surface area contributed by atoms with Crippen molar-refractivity contribution in [3.05, 3.63) is 33.3 Å². The summed E-state index contributed by atoms with van der Waals surface area (Å²) in [4.78, 5) is 15.3. The van der Waals surface area contributed by atoms with Gasteiger partial charge in [-0.2, -0.15) is 0 Å². The molecule has 0 N–H and O–H groups in total. The van der Waals surface area contributed by atoms with Gasteiger partial charge in [-0.3, -0.25) is 4.79 Å². The zero-order valence-corrected chi connectivity index (χ0v) is 13.2. The summed E-state index contributed by atoms with van der Waals surface area (Å²) in [7, 11) is 1.76. The number of anilines is 1. The number of carbonyl (C=O) groups excluding carboxylic acids is 1. The van der Waals surface area contributed by atoms with E-state index in [0.717, 1.165) is 17.8 Å². The van der Waals surface area contributed by atoms with Crippen LogP contribution in [0, 0.1) is 13.8 Å². The number of nitrogens with zero attached hydrogens (tertiary/aromatic N) is 2. The summed E-state index contributed by atoms with van der Waals surface area (Å²) in [6.45, 7) is 4.33. The summed E-state index contributed by atoms with van der Waals surface area (Å²) in [5.41, 5.74) is 2.79. The SMILES string of the molecule is Cc1noc(C)c1N(C)C(=O)C[C@H]1OCCc2ccsc21. The lowest BCUT2D eigenvalue weighted by Gasteiger charge is -2.25. The molecular weight excluding hydrogens is 288 g/mol. The third-order valence-corrected chi connectivity index (χ3v) is 4.88.